The second-order valence-corrected chi connectivity index (χ2v) is 4.90. The molecule has 1 aromatic rings. The number of hydrogen-bond donors (Lipinski definition) is 2. The van der Waals surface area contributed by atoms with Crippen molar-refractivity contribution in [1.29, 1.82) is 0 Å². The predicted molar refractivity (Wildman–Crippen MR) is 82.4 cm³/mol. The molecule has 1 aliphatic heterocycles. The lowest BCUT2D eigenvalue weighted by Crippen LogP contribution is -2.38. The molecule has 1 amide bonds. The Balaban J connectivity index is 1.90. The zero-order valence-corrected chi connectivity index (χ0v) is 12.2. The zero-order valence-electron chi connectivity index (χ0n) is 12.2. The van der Waals surface area contributed by atoms with Crippen LogP contribution >= 0.6 is 0 Å². The molecule has 0 saturated carbocycles. The van der Waals surface area contributed by atoms with E-state index in [1.54, 1.807) is 25.3 Å². The number of nitrogens with two attached hydrogens (primary N) is 1. The molecule has 0 radical (unpaired) electrons. The minimum atomic E-state index is -0.203. The minimum Gasteiger partial charge on any atom is -0.495 e. The molecule has 1 heterocycles. The standard InChI is InChI=1S/C15H21N3O3/c1-11(10-18-5-7-21-8-6-18)15(19)17-12-3-4-14(20-2)13(16)9-12/h3-4,9H,1,5-8,10,16H2,2H3,(H,17,19). The van der Waals surface area contributed by atoms with Crippen LogP contribution in [-0.2, 0) is 9.53 Å². The Morgan fingerprint density at radius 2 is 2.19 bits per heavy atom. The summed E-state index contributed by atoms with van der Waals surface area (Å²) in [5, 5.41) is 2.79. The maximum absolute atomic E-state index is 12.1. The van der Waals surface area contributed by atoms with Gasteiger partial charge in [0.05, 0.1) is 26.0 Å². The van der Waals surface area contributed by atoms with E-state index in [1.165, 1.54) is 0 Å². The molecule has 1 aromatic carbocycles. The van der Waals surface area contributed by atoms with Gasteiger partial charge >= 0.3 is 0 Å². The fraction of sp³-hybridized carbons (Fsp3) is 0.400. The predicted octanol–water partition coefficient (Wildman–Crippen LogP) is 1.10. The molecule has 1 aliphatic rings. The number of carbonyl (C=O) groups excluding carboxylic acids is 1. The number of hydrogen-bond acceptors (Lipinski definition) is 5. The molecule has 1 saturated heterocycles. The third-order valence-electron chi connectivity index (χ3n) is 3.33. The molecule has 0 aliphatic carbocycles. The van der Waals surface area contributed by atoms with Gasteiger partial charge in [0.1, 0.15) is 5.75 Å². The number of ether oxygens (including phenoxy) is 2. The summed E-state index contributed by atoms with van der Waals surface area (Å²) >= 11 is 0. The number of nitrogens with one attached hydrogen (secondary N) is 1. The summed E-state index contributed by atoms with van der Waals surface area (Å²) in [4.78, 5) is 14.3. The van der Waals surface area contributed by atoms with Crippen LogP contribution in [0.3, 0.4) is 0 Å². The summed E-state index contributed by atoms with van der Waals surface area (Å²) in [6, 6.07) is 5.13. The summed E-state index contributed by atoms with van der Waals surface area (Å²) in [7, 11) is 1.55. The Morgan fingerprint density at radius 1 is 1.48 bits per heavy atom. The van der Waals surface area contributed by atoms with Crippen molar-refractivity contribution >= 4 is 17.3 Å². The third-order valence-corrected chi connectivity index (χ3v) is 3.33. The molecule has 114 valence electrons. The zero-order chi connectivity index (χ0) is 15.2. The Bertz CT molecular complexity index is 525. The fourth-order valence-electron chi connectivity index (χ4n) is 2.13. The van der Waals surface area contributed by atoms with E-state index >= 15 is 0 Å². The van der Waals surface area contributed by atoms with E-state index in [4.69, 9.17) is 15.2 Å². The molecule has 3 N–H and O–H groups in total. The number of anilines is 2. The summed E-state index contributed by atoms with van der Waals surface area (Å²) in [5.41, 5.74) is 7.44. The van der Waals surface area contributed by atoms with Gasteiger partial charge in [-0.15, -0.1) is 0 Å². The van der Waals surface area contributed by atoms with Crippen LogP contribution in [0.4, 0.5) is 11.4 Å². The molecule has 6 heteroatoms. The van der Waals surface area contributed by atoms with Gasteiger partial charge in [0.2, 0.25) is 0 Å². The molecule has 0 unspecified atom stereocenters. The second-order valence-electron chi connectivity index (χ2n) is 4.90. The maximum atomic E-state index is 12.1. The van der Waals surface area contributed by atoms with E-state index in [0.29, 0.717) is 42.5 Å². The van der Waals surface area contributed by atoms with Crippen LogP contribution in [0.25, 0.3) is 0 Å². The Labute approximate surface area is 124 Å². The molecule has 1 fully saturated rings. The average molecular weight is 291 g/mol. The van der Waals surface area contributed by atoms with E-state index in [2.05, 4.69) is 16.8 Å². The van der Waals surface area contributed by atoms with Crippen LogP contribution in [0.15, 0.2) is 30.4 Å². The monoisotopic (exact) mass is 291 g/mol. The second kappa shape index (κ2) is 7.10. The first-order valence-electron chi connectivity index (χ1n) is 6.83. The van der Waals surface area contributed by atoms with Gasteiger partial charge in [0.15, 0.2) is 0 Å². The van der Waals surface area contributed by atoms with Crippen LogP contribution < -0.4 is 15.8 Å². The van der Waals surface area contributed by atoms with Gasteiger partial charge in [-0.05, 0) is 18.2 Å². The molecule has 21 heavy (non-hydrogen) atoms. The van der Waals surface area contributed by atoms with E-state index in [0.717, 1.165) is 13.1 Å². The van der Waals surface area contributed by atoms with Crippen LogP contribution in [0.5, 0.6) is 5.75 Å². The number of amides is 1. The first kappa shape index (κ1) is 15.3. The highest BCUT2D eigenvalue weighted by molar-refractivity contribution is 6.03. The van der Waals surface area contributed by atoms with E-state index in [-0.39, 0.29) is 5.91 Å². The first-order chi connectivity index (χ1) is 10.1. The number of morpholine rings is 1. The molecular weight excluding hydrogens is 270 g/mol. The van der Waals surface area contributed by atoms with Crippen molar-refractivity contribution in [2.45, 2.75) is 0 Å². The van der Waals surface area contributed by atoms with Crippen LogP contribution in [0, 0.1) is 0 Å². The van der Waals surface area contributed by atoms with Crippen molar-refractivity contribution in [2.24, 2.45) is 0 Å². The van der Waals surface area contributed by atoms with Crippen molar-refractivity contribution in [3.8, 4) is 5.75 Å². The number of methoxy groups -OCH3 is 1. The third kappa shape index (κ3) is 4.21. The molecule has 0 aromatic heterocycles. The van der Waals surface area contributed by atoms with E-state index in [1.807, 2.05) is 0 Å². The van der Waals surface area contributed by atoms with Gasteiger partial charge in [-0.2, -0.15) is 0 Å². The Kier molecular flexibility index (Phi) is 5.19. The lowest BCUT2D eigenvalue weighted by atomic mass is 10.2. The van der Waals surface area contributed by atoms with Gasteiger partial charge in [0, 0.05) is 30.9 Å². The average Bonchev–Trinajstić information content (AvgIpc) is 2.48. The molecule has 0 spiro atoms. The topological polar surface area (TPSA) is 76.8 Å². The summed E-state index contributed by atoms with van der Waals surface area (Å²) in [6.45, 7) is 7.43. The van der Waals surface area contributed by atoms with Crippen molar-refractivity contribution < 1.29 is 14.3 Å². The number of rotatable bonds is 5. The quantitative estimate of drug-likeness (QED) is 0.627. The summed E-state index contributed by atoms with van der Waals surface area (Å²) < 4.78 is 10.4. The molecule has 0 bridgehead atoms. The SMILES string of the molecule is C=C(CN1CCOCC1)C(=O)Nc1ccc(OC)c(N)c1. The lowest BCUT2D eigenvalue weighted by molar-refractivity contribution is -0.113. The molecule has 2 rings (SSSR count). The van der Waals surface area contributed by atoms with Crippen LogP contribution in [-0.4, -0.2) is 50.8 Å². The van der Waals surface area contributed by atoms with Crippen molar-refractivity contribution in [3.63, 3.8) is 0 Å². The number of carbonyl (C=O) groups is 1. The van der Waals surface area contributed by atoms with Gasteiger partial charge in [-0.25, -0.2) is 0 Å². The minimum absolute atomic E-state index is 0.203. The lowest BCUT2D eigenvalue weighted by Gasteiger charge is -2.26. The van der Waals surface area contributed by atoms with Crippen LogP contribution in [0.2, 0.25) is 0 Å². The fourth-order valence-corrected chi connectivity index (χ4v) is 2.13. The number of benzene rings is 1. The smallest absolute Gasteiger partial charge is 0.252 e. The van der Waals surface area contributed by atoms with E-state index < -0.39 is 0 Å². The molecular formula is C15H21N3O3. The normalized spacial score (nSPS) is 15.5. The van der Waals surface area contributed by atoms with Gasteiger partial charge in [-0.3, -0.25) is 9.69 Å². The van der Waals surface area contributed by atoms with Gasteiger partial charge < -0.3 is 20.5 Å². The maximum Gasteiger partial charge on any atom is 0.252 e. The highest BCUT2D eigenvalue weighted by Gasteiger charge is 2.15. The summed E-state index contributed by atoms with van der Waals surface area (Å²) in [5.74, 6) is 0.381. The van der Waals surface area contributed by atoms with Gasteiger partial charge in [0.25, 0.3) is 5.91 Å². The number of nitrogens with zero attached hydrogens (tertiary/aromatic N) is 1. The highest BCUT2D eigenvalue weighted by Crippen LogP contribution is 2.24. The highest BCUT2D eigenvalue weighted by atomic mass is 16.5. The first-order valence-corrected chi connectivity index (χ1v) is 6.83. The largest absolute Gasteiger partial charge is 0.495 e. The molecule has 6 nitrogen and oxygen atoms in total. The Hall–Kier alpha value is -2.05. The Morgan fingerprint density at radius 3 is 2.81 bits per heavy atom. The number of nitrogen functional groups attached to an aromatic ring is 1. The van der Waals surface area contributed by atoms with Crippen LogP contribution in [0.1, 0.15) is 0 Å². The van der Waals surface area contributed by atoms with Crippen molar-refractivity contribution in [2.75, 3.05) is 51.0 Å². The summed E-state index contributed by atoms with van der Waals surface area (Å²) in [6.07, 6.45) is 0. The van der Waals surface area contributed by atoms with Gasteiger partial charge in [-0.1, -0.05) is 6.58 Å². The molecule has 0 atom stereocenters. The van der Waals surface area contributed by atoms with Crippen molar-refractivity contribution in [1.82, 2.24) is 4.90 Å². The van der Waals surface area contributed by atoms with E-state index in [9.17, 15) is 4.79 Å². The van der Waals surface area contributed by atoms with Crippen molar-refractivity contribution in [3.05, 3.63) is 30.4 Å².